The first-order valence-corrected chi connectivity index (χ1v) is 6.02. The highest BCUT2D eigenvalue weighted by Crippen LogP contribution is 2.15. The highest BCUT2D eigenvalue weighted by molar-refractivity contribution is 4.74. The quantitative estimate of drug-likeness (QED) is 0.652. The molecule has 0 saturated carbocycles. The maximum absolute atomic E-state index is 9.04. The normalized spacial score (nSPS) is 13.9. The van der Waals surface area contributed by atoms with Crippen molar-refractivity contribution in [3.8, 4) is 0 Å². The minimum absolute atomic E-state index is 0.312. The van der Waals surface area contributed by atoms with Gasteiger partial charge in [0.25, 0.3) is 0 Å². The summed E-state index contributed by atoms with van der Waals surface area (Å²) in [4.78, 5) is 2.53. The van der Waals surface area contributed by atoms with E-state index in [1.807, 2.05) is 0 Å². The van der Waals surface area contributed by atoms with E-state index in [0.29, 0.717) is 18.6 Å². The van der Waals surface area contributed by atoms with Crippen LogP contribution >= 0.6 is 0 Å². The van der Waals surface area contributed by atoms with Crippen LogP contribution < -0.4 is 0 Å². The zero-order valence-electron chi connectivity index (χ0n) is 10.3. The topological polar surface area (TPSA) is 23.5 Å². The van der Waals surface area contributed by atoms with Crippen LogP contribution in [-0.4, -0.2) is 35.7 Å². The highest BCUT2D eigenvalue weighted by Gasteiger charge is 2.19. The minimum Gasteiger partial charge on any atom is -0.396 e. The number of aliphatic hydroxyl groups excluding tert-OH is 1. The predicted molar refractivity (Wildman–Crippen MR) is 62.5 cm³/mol. The molecule has 86 valence electrons. The third-order valence-corrected chi connectivity index (χ3v) is 2.69. The second-order valence-electron chi connectivity index (χ2n) is 4.36. The number of rotatable bonds is 8. The van der Waals surface area contributed by atoms with Gasteiger partial charge < -0.3 is 10.0 Å². The van der Waals surface area contributed by atoms with E-state index in [2.05, 4.69) is 32.6 Å². The van der Waals surface area contributed by atoms with E-state index in [-0.39, 0.29) is 0 Å². The molecule has 0 spiro atoms. The summed E-state index contributed by atoms with van der Waals surface area (Å²) >= 11 is 0. The van der Waals surface area contributed by atoms with Crippen LogP contribution in [0.1, 0.15) is 47.0 Å². The molecule has 0 aliphatic heterocycles. The largest absolute Gasteiger partial charge is 0.396 e. The molecule has 0 heterocycles. The van der Waals surface area contributed by atoms with Gasteiger partial charge in [-0.3, -0.25) is 0 Å². The van der Waals surface area contributed by atoms with Gasteiger partial charge in [-0.25, -0.2) is 0 Å². The van der Waals surface area contributed by atoms with Crippen LogP contribution in [0.25, 0.3) is 0 Å². The van der Waals surface area contributed by atoms with Crippen LogP contribution in [0.4, 0.5) is 0 Å². The van der Waals surface area contributed by atoms with Gasteiger partial charge in [-0.05, 0) is 38.3 Å². The molecular formula is C12H27NO. The molecule has 0 rings (SSSR count). The molecule has 0 aromatic carbocycles. The van der Waals surface area contributed by atoms with Crippen LogP contribution in [0.3, 0.4) is 0 Å². The summed E-state index contributed by atoms with van der Waals surface area (Å²) in [6.07, 6.45) is 3.32. The standard InChI is InChI=1S/C12H27NO/c1-5-8-13(9-6-2)12(7-10-14)11(3)4/h11-12,14H,5-10H2,1-4H3. The lowest BCUT2D eigenvalue weighted by molar-refractivity contribution is 0.122. The first-order valence-electron chi connectivity index (χ1n) is 6.02. The lowest BCUT2D eigenvalue weighted by Crippen LogP contribution is -2.40. The fourth-order valence-corrected chi connectivity index (χ4v) is 2.09. The van der Waals surface area contributed by atoms with Crippen LogP contribution in [0.2, 0.25) is 0 Å². The maximum Gasteiger partial charge on any atom is 0.0446 e. The van der Waals surface area contributed by atoms with Gasteiger partial charge in [0.05, 0.1) is 0 Å². The van der Waals surface area contributed by atoms with E-state index in [1.165, 1.54) is 12.8 Å². The molecule has 0 aromatic rings. The summed E-state index contributed by atoms with van der Waals surface area (Å²) in [6.45, 7) is 11.6. The lowest BCUT2D eigenvalue weighted by Gasteiger charge is -2.33. The zero-order valence-corrected chi connectivity index (χ0v) is 10.3. The Morgan fingerprint density at radius 3 is 1.86 bits per heavy atom. The zero-order chi connectivity index (χ0) is 11.0. The summed E-state index contributed by atoms with van der Waals surface area (Å²) in [7, 11) is 0. The van der Waals surface area contributed by atoms with Crippen molar-refractivity contribution in [1.82, 2.24) is 4.90 Å². The van der Waals surface area contributed by atoms with Gasteiger partial charge in [-0.2, -0.15) is 0 Å². The highest BCUT2D eigenvalue weighted by atomic mass is 16.3. The molecule has 0 aliphatic rings. The summed E-state index contributed by atoms with van der Waals surface area (Å²) in [5.74, 6) is 0.639. The molecule has 1 N–H and O–H groups in total. The van der Waals surface area contributed by atoms with Crippen molar-refractivity contribution in [2.24, 2.45) is 5.92 Å². The molecule has 0 aliphatic carbocycles. The van der Waals surface area contributed by atoms with Crippen LogP contribution in [0.15, 0.2) is 0 Å². The smallest absolute Gasteiger partial charge is 0.0446 e. The number of aliphatic hydroxyl groups is 1. The number of nitrogens with zero attached hydrogens (tertiary/aromatic N) is 1. The van der Waals surface area contributed by atoms with Crippen molar-refractivity contribution < 1.29 is 5.11 Å². The summed E-state index contributed by atoms with van der Waals surface area (Å²) < 4.78 is 0. The van der Waals surface area contributed by atoms with Crippen molar-refractivity contribution in [3.63, 3.8) is 0 Å². The molecule has 0 radical (unpaired) electrons. The first-order chi connectivity index (χ1) is 6.67. The SMILES string of the molecule is CCCN(CCC)C(CCO)C(C)C. The van der Waals surface area contributed by atoms with Crippen LogP contribution in [0.5, 0.6) is 0 Å². The molecule has 2 nitrogen and oxygen atoms in total. The van der Waals surface area contributed by atoms with Gasteiger partial charge in [-0.15, -0.1) is 0 Å². The Hall–Kier alpha value is -0.0800. The second kappa shape index (κ2) is 8.25. The predicted octanol–water partition coefficient (Wildman–Crippen LogP) is 2.52. The summed E-state index contributed by atoms with van der Waals surface area (Å²) in [5, 5.41) is 9.04. The van der Waals surface area contributed by atoms with E-state index >= 15 is 0 Å². The van der Waals surface area contributed by atoms with E-state index in [9.17, 15) is 0 Å². The minimum atomic E-state index is 0.312. The van der Waals surface area contributed by atoms with Crippen molar-refractivity contribution in [3.05, 3.63) is 0 Å². The summed E-state index contributed by atoms with van der Waals surface area (Å²) in [5.41, 5.74) is 0. The Kier molecular flexibility index (Phi) is 8.20. The van der Waals surface area contributed by atoms with Gasteiger partial charge in [-0.1, -0.05) is 27.7 Å². The van der Waals surface area contributed by atoms with Crippen molar-refractivity contribution in [2.75, 3.05) is 19.7 Å². The Labute approximate surface area is 89.3 Å². The fourth-order valence-electron chi connectivity index (χ4n) is 2.09. The first kappa shape index (κ1) is 13.9. The molecule has 0 amide bonds. The average Bonchev–Trinajstić information content (AvgIpc) is 2.13. The molecule has 0 saturated heterocycles. The van der Waals surface area contributed by atoms with Crippen molar-refractivity contribution >= 4 is 0 Å². The molecule has 0 aromatic heterocycles. The molecule has 1 unspecified atom stereocenters. The molecule has 1 atom stereocenters. The van der Waals surface area contributed by atoms with Gasteiger partial charge >= 0.3 is 0 Å². The number of hydrogen-bond acceptors (Lipinski definition) is 2. The molecule has 14 heavy (non-hydrogen) atoms. The second-order valence-corrected chi connectivity index (χ2v) is 4.36. The third kappa shape index (κ3) is 4.97. The Morgan fingerprint density at radius 2 is 1.57 bits per heavy atom. The van der Waals surface area contributed by atoms with Gasteiger partial charge in [0.1, 0.15) is 0 Å². The Balaban J connectivity index is 4.21. The van der Waals surface area contributed by atoms with Gasteiger partial charge in [0.2, 0.25) is 0 Å². The van der Waals surface area contributed by atoms with Crippen molar-refractivity contribution in [1.29, 1.82) is 0 Å². The van der Waals surface area contributed by atoms with Crippen LogP contribution in [-0.2, 0) is 0 Å². The molecule has 0 fully saturated rings. The van der Waals surface area contributed by atoms with Crippen molar-refractivity contribution in [2.45, 2.75) is 53.0 Å². The van der Waals surface area contributed by atoms with Gasteiger partial charge in [0.15, 0.2) is 0 Å². The lowest BCUT2D eigenvalue weighted by atomic mass is 9.99. The third-order valence-electron chi connectivity index (χ3n) is 2.69. The molecule has 2 heteroatoms. The maximum atomic E-state index is 9.04. The summed E-state index contributed by atoms with van der Waals surface area (Å²) in [6, 6.07) is 0.555. The Bertz CT molecular complexity index is 119. The van der Waals surface area contributed by atoms with Crippen LogP contribution in [0, 0.1) is 5.92 Å². The monoisotopic (exact) mass is 201 g/mol. The van der Waals surface area contributed by atoms with E-state index < -0.39 is 0 Å². The average molecular weight is 201 g/mol. The fraction of sp³-hybridized carbons (Fsp3) is 1.00. The van der Waals surface area contributed by atoms with E-state index in [1.54, 1.807) is 0 Å². The molecule has 0 bridgehead atoms. The van der Waals surface area contributed by atoms with Gasteiger partial charge in [0, 0.05) is 12.6 Å². The number of hydrogen-bond donors (Lipinski definition) is 1. The Morgan fingerprint density at radius 1 is 1.07 bits per heavy atom. The van der Waals surface area contributed by atoms with E-state index in [4.69, 9.17) is 5.11 Å². The molecular weight excluding hydrogens is 174 g/mol. The van der Waals surface area contributed by atoms with E-state index in [0.717, 1.165) is 19.5 Å².